The average molecular weight is 155 g/mol. The minimum absolute atomic E-state index is 0.255. The molecule has 0 aliphatic heterocycles. The summed E-state index contributed by atoms with van der Waals surface area (Å²) < 4.78 is 0. The monoisotopic (exact) mass is 155 g/mol. The van der Waals surface area contributed by atoms with Gasteiger partial charge in [0.1, 0.15) is 5.54 Å². The summed E-state index contributed by atoms with van der Waals surface area (Å²) in [5.74, 6) is 0.0517. The van der Waals surface area contributed by atoms with Gasteiger partial charge >= 0.3 is 5.97 Å². The molecule has 3 N–H and O–H groups in total. The van der Waals surface area contributed by atoms with E-state index < -0.39 is 11.5 Å². The minimum Gasteiger partial charge on any atom is -0.480 e. The molecule has 2 saturated carbocycles. The van der Waals surface area contributed by atoms with Gasteiger partial charge in [0.2, 0.25) is 0 Å². The van der Waals surface area contributed by atoms with E-state index >= 15 is 0 Å². The smallest absolute Gasteiger partial charge is 0.323 e. The molecule has 2 fully saturated rings. The van der Waals surface area contributed by atoms with E-state index in [-0.39, 0.29) is 5.92 Å². The summed E-state index contributed by atoms with van der Waals surface area (Å²) in [6.45, 7) is 0. The van der Waals surface area contributed by atoms with Crippen molar-refractivity contribution in [2.24, 2.45) is 17.6 Å². The second-order valence-electron chi connectivity index (χ2n) is 3.93. The summed E-state index contributed by atoms with van der Waals surface area (Å²) in [6, 6.07) is 0. The molecular formula is C8H13NO2. The van der Waals surface area contributed by atoms with Gasteiger partial charge in [0, 0.05) is 0 Å². The lowest BCUT2D eigenvalue weighted by Crippen LogP contribution is -2.52. The second-order valence-corrected chi connectivity index (χ2v) is 3.93. The van der Waals surface area contributed by atoms with Gasteiger partial charge in [0.25, 0.3) is 0 Å². The molecule has 2 bridgehead atoms. The number of hydrogen-bond donors (Lipinski definition) is 2. The zero-order valence-corrected chi connectivity index (χ0v) is 6.42. The first-order valence-electron chi connectivity index (χ1n) is 4.15. The van der Waals surface area contributed by atoms with Crippen molar-refractivity contribution in [3.63, 3.8) is 0 Å². The first-order chi connectivity index (χ1) is 5.13. The second kappa shape index (κ2) is 1.97. The van der Waals surface area contributed by atoms with Crippen LogP contribution < -0.4 is 5.73 Å². The third kappa shape index (κ3) is 0.805. The van der Waals surface area contributed by atoms with Gasteiger partial charge in [0.05, 0.1) is 0 Å². The zero-order chi connectivity index (χ0) is 8.06. The fourth-order valence-electron chi connectivity index (χ4n) is 2.63. The number of rotatable bonds is 1. The van der Waals surface area contributed by atoms with Gasteiger partial charge < -0.3 is 10.8 Å². The van der Waals surface area contributed by atoms with E-state index in [4.69, 9.17) is 10.8 Å². The summed E-state index contributed by atoms with van der Waals surface area (Å²) in [6.07, 6.45) is 3.96. The molecule has 62 valence electrons. The molecule has 2 aliphatic carbocycles. The highest BCUT2D eigenvalue weighted by atomic mass is 16.4. The van der Waals surface area contributed by atoms with E-state index in [2.05, 4.69) is 0 Å². The largest absolute Gasteiger partial charge is 0.480 e. The number of carboxylic acid groups (broad SMARTS) is 1. The summed E-state index contributed by atoms with van der Waals surface area (Å²) in [5.41, 5.74) is 4.92. The number of fused-ring (bicyclic) bond motifs is 2. The Morgan fingerprint density at radius 2 is 2.27 bits per heavy atom. The van der Waals surface area contributed by atoms with Crippen LogP contribution in [0.15, 0.2) is 0 Å². The molecular weight excluding hydrogens is 142 g/mol. The van der Waals surface area contributed by atoms with Crippen molar-refractivity contribution in [3.05, 3.63) is 0 Å². The third-order valence-corrected chi connectivity index (χ3v) is 3.29. The first-order valence-corrected chi connectivity index (χ1v) is 4.15. The van der Waals surface area contributed by atoms with Crippen molar-refractivity contribution in [2.75, 3.05) is 0 Å². The van der Waals surface area contributed by atoms with Crippen LogP contribution >= 0.6 is 0 Å². The van der Waals surface area contributed by atoms with Crippen LogP contribution in [0, 0.1) is 11.8 Å². The summed E-state index contributed by atoms with van der Waals surface area (Å²) in [5, 5.41) is 8.87. The lowest BCUT2D eigenvalue weighted by Gasteiger charge is -2.28. The minimum atomic E-state index is -0.872. The zero-order valence-electron chi connectivity index (χ0n) is 6.42. The number of nitrogens with two attached hydrogens (primary N) is 1. The predicted molar refractivity (Wildman–Crippen MR) is 40.0 cm³/mol. The Hall–Kier alpha value is -0.570. The molecule has 0 aromatic carbocycles. The van der Waals surface area contributed by atoms with Gasteiger partial charge in [-0.05, 0) is 31.1 Å². The number of carbonyl (C=O) groups is 1. The van der Waals surface area contributed by atoms with Crippen molar-refractivity contribution in [1.82, 2.24) is 0 Å². The molecule has 0 spiro atoms. The van der Waals surface area contributed by atoms with Crippen LogP contribution in [-0.4, -0.2) is 16.6 Å². The molecule has 0 saturated heterocycles. The topological polar surface area (TPSA) is 63.3 Å². The molecule has 0 radical (unpaired) electrons. The highest BCUT2D eigenvalue weighted by molar-refractivity contribution is 5.79. The van der Waals surface area contributed by atoms with Gasteiger partial charge in [-0.25, -0.2) is 0 Å². The normalized spacial score (nSPS) is 48.1. The van der Waals surface area contributed by atoms with Crippen LogP contribution in [-0.2, 0) is 4.79 Å². The summed E-state index contributed by atoms with van der Waals surface area (Å²) >= 11 is 0. The standard InChI is InChI=1S/C8H13NO2/c9-8(7(10)11)4-5-1-2-6(8)3-5/h5-6H,1-4,9H2,(H,10,11)/t5?,6-,8?/m0/s1. The molecule has 3 heteroatoms. The van der Waals surface area contributed by atoms with Gasteiger partial charge in [-0.3, -0.25) is 4.79 Å². The van der Waals surface area contributed by atoms with E-state index in [1.807, 2.05) is 0 Å². The van der Waals surface area contributed by atoms with Crippen LogP contribution in [0.2, 0.25) is 0 Å². The molecule has 3 nitrogen and oxygen atoms in total. The lowest BCUT2D eigenvalue weighted by atomic mass is 9.82. The van der Waals surface area contributed by atoms with Crippen LogP contribution in [0.1, 0.15) is 25.7 Å². The van der Waals surface area contributed by atoms with E-state index in [0.29, 0.717) is 12.3 Å². The van der Waals surface area contributed by atoms with Gasteiger partial charge in [-0.1, -0.05) is 6.42 Å². The molecule has 3 atom stereocenters. The van der Waals surface area contributed by atoms with Crippen LogP contribution in [0.5, 0.6) is 0 Å². The SMILES string of the molecule is NC1(C(=O)O)CC2CC[C@H]1C2. The number of hydrogen-bond acceptors (Lipinski definition) is 2. The predicted octanol–water partition coefficient (Wildman–Crippen LogP) is 0.588. The van der Waals surface area contributed by atoms with E-state index in [9.17, 15) is 4.79 Å². The number of aliphatic carboxylic acids is 1. The van der Waals surface area contributed by atoms with E-state index in [1.54, 1.807) is 0 Å². The van der Waals surface area contributed by atoms with E-state index in [1.165, 1.54) is 6.42 Å². The quantitative estimate of drug-likeness (QED) is 0.582. The number of carboxylic acids is 1. The molecule has 11 heavy (non-hydrogen) atoms. The molecule has 2 unspecified atom stereocenters. The third-order valence-electron chi connectivity index (χ3n) is 3.29. The molecule has 0 heterocycles. The molecule has 2 rings (SSSR count). The van der Waals surface area contributed by atoms with Gasteiger partial charge in [-0.15, -0.1) is 0 Å². The fraction of sp³-hybridized carbons (Fsp3) is 0.875. The van der Waals surface area contributed by atoms with Gasteiger partial charge in [-0.2, -0.15) is 0 Å². The van der Waals surface area contributed by atoms with Crippen molar-refractivity contribution < 1.29 is 9.90 Å². The maximum absolute atomic E-state index is 10.8. The Balaban J connectivity index is 2.23. The Labute approximate surface area is 65.6 Å². The first kappa shape index (κ1) is 7.10. The summed E-state index contributed by atoms with van der Waals surface area (Å²) in [4.78, 5) is 10.8. The van der Waals surface area contributed by atoms with Crippen LogP contribution in [0.4, 0.5) is 0 Å². The highest BCUT2D eigenvalue weighted by Crippen LogP contribution is 2.49. The Morgan fingerprint density at radius 1 is 1.55 bits per heavy atom. The molecule has 2 aliphatic rings. The maximum atomic E-state index is 10.8. The van der Waals surface area contributed by atoms with Crippen molar-refractivity contribution in [1.29, 1.82) is 0 Å². The molecule has 0 aromatic rings. The van der Waals surface area contributed by atoms with Gasteiger partial charge in [0.15, 0.2) is 0 Å². The Kier molecular flexibility index (Phi) is 1.27. The molecule has 0 aromatic heterocycles. The average Bonchev–Trinajstić information content (AvgIpc) is 2.45. The Bertz CT molecular complexity index is 204. The molecule has 0 amide bonds. The maximum Gasteiger partial charge on any atom is 0.323 e. The summed E-state index contributed by atoms with van der Waals surface area (Å²) in [7, 11) is 0. The Morgan fingerprint density at radius 3 is 2.55 bits per heavy atom. The van der Waals surface area contributed by atoms with Crippen molar-refractivity contribution in [3.8, 4) is 0 Å². The van der Waals surface area contributed by atoms with E-state index in [0.717, 1.165) is 12.8 Å². The fourth-order valence-corrected chi connectivity index (χ4v) is 2.63. The highest BCUT2D eigenvalue weighted by Gasteiger charge is 2.53. The van der Waals surface area contributed by atoms with Crippen molar-refractivity contribution >= 4 is 5.97 Å². The van der Waals surface area contributed by atoms with Crippen molar-refractivity contribution in [2.45, 2.75) is 31.2 Å². The van der Waals surface area contributed by atoms with Crippen LogP contribution in [0.25, 0.3) is 0 Å². The van der Waals surface area contributed by atoms with Crippen LogP contribution in [0.3, 0.4) is 0 Å². The lowest BCUT2D eigenvalue weighted by molar-refractivity contribution is -0.145.